The number of Topliss-reactive ketones (excluding diaryl/α,β-unsaturated/α-hetero) is 1. The zero-order valence-electron chi connectivity index (χ0n) is 25.3. The lowest BCUT2D eigenvalue weighted by atomic mass is 10.0. The number of rotatable bonds is 8. The zero-order valence-corrected chi connectivity index (χ0v) is 26.0. The molecule has 0 aromatic heterocycles. The van der Waals surface area contributed by atoms with Gasteiger partial charge in [-0.2, -0.15) is 0 Å². The maximum Gasteiger partial charge on any atom is 0.414 e. The van der Waals surface area contributed by atoms with Crippen LogP contribution in [-0.2, 0) is 9.53 Å². The molecular formula is C33H41ClN4O5. The first-order valence-corrected chi connectivity index (χ1v) is 15.6. The van der Waals surface area contributed by atoms with Crippen molar-refractivity contribution in [2.24, 2.45) is 11.8 Å². The van der Waals surface area contributed by atoms with Crippen molar-refractivity contribution in [1.29, 1.82) is 0 Å². The number of halogens is 1. The van der Waals surface area contributed by atoms with Gasteiger partial charge in [-0.05, 0) is 62.4 Å². The van der Waals surface area contributed by atoms with Crippen LogP contribution in [0.4, 0.5) is 10.5 Å². The number of likely N-dealkylation sites (tertiary alicyclic amines) is 3. The third-order valence-electron chi connectivity index (χ3n) is 9.08. The summed E-state index contributed by atoms with van der Waals surface area (Å²) in [6.45, 7) is 10.7. The van der Waals surface area contributed by atoms with Gasteiger partial charge in [-0.25, -0.2) is 4.79 Å². The van der Waals surface area contributed by atoms with Gasteiger partial charge in [0.25, 0.3) is 5.91 Å². The molecule has 0 spiro atoms. The quantitative estimate of drug-likeness (QED) is 0.396. The van der Waals surface area contributed by atoms with E-state index in [4.69, 9.17) is 16.3 Å². The number of nitrogens with zero attached hydrogens (tertiary/aromatic N) is 4. The molecule has 5 rings (SSSR count). The molecular weight excluding hydrogens is 568 g/mol. The van der Waals surface area contributed by atoms with E-state index in [1.807, 2.05) is 30.0 Å². The van der Waals surface area contributed by atoms with Crippen molar-refractivity contribution in [2.45, 2.75) is 46.1 Å². The number of carbonyl (C=O) groups is 4. The van der Waals surface area contributed by atoms with Gasteiger partial charge < -0.3 is 19.4 Å². The van der Waals surface area contributed by atoms with E-state index in [1.165, 1.54) is 6.92 Å². The van der Waals surface area contributed by atoms with Crippen molar-refractivity contribution in [1.82, 2.24) is 14.7 Å². The summed E-state index contributed by atoms with van der Waals surface area (Å²) >= 11 is 6.42. The van der Waals surface area contributed by atoms with Crippen molar-refractivity contribution in [3.8, 4) is 0 Å². The second-order valence-electron chi connectivity index (χ2n) is 12.1. The minimum absolute atomic E-state index is 0.0457. The Morgan fingerprint density at radius 2 is 1.56 bits per heavy atom. The molecule has 9 nitrogen and oxygen atoms in total. The summed E-state index contributed by atoms with van der Waals surface area (Å²) in [6.07, 6.45) is 1.41. The smallest absolute Gasteiger partial charge is 0.414 e. The molecule has 2 unspecified atom stereocenters. The van der Waals surface area contributed by atoms with Crippen LogP contribution in [0, 0.1) is 18.8 Å². The molecule has 3 aliphatic rings. The van der Waals surface area contributed by atoms with Crippen molar-refractivity contribution < 1.29 is 23.9 Å². The second kappa shape index (κ2) is 13.5. The van der Waals surface area contributed by atoms with Crippen molar-refractivity contribution in [2.75, 3.05) is 57.3 Å². The van der Waals surface area contributed by atoms with Gasteiger partial charge in [0.1, 0.15) is 6.10 Å². The van der Waals surface area contributed by atoms with Crippen LogP contribution in [0.5, 0.6) is 0 Å². The molecule has 3 saturated heterocycles. The van der Waals surface area contributed by atoms with E-state index in [9.17, 15) is 19.2 Å². The Morgan fingerprint density at radius 3 is 2.16 bits per heavy atom. The molecule has 10 heteroatoms. The van der Waals surface area contributed by atoms with Crippen LogP contribution in [-0.4, -0.2) is 96.9 Å². The molecule has 0 bridgehead atoms. The van der Waals surface area contributed by atoms with Gasteiger partial charge in [-0.3, -0.25) is 19.3 Å². The molecule has 2 aromatic carbocycles. The minimum Gasteiger partial charge on any atom is -0.446 e. The number of carbonyl (C=O) groups excluding carboxylic acids is 4. The number of amides is 3. The average molecular weight is 609 g/mol. The Balaban J connectivity index is 1.15. The number of piperidine rings is 1. The van der Waals surface area contributed by atoms with E-state index < -0.39 is 0 Å². The fourth-order valence-electron chi connectivity index (χ4n) is 6.61. The topological polar surface area (TPSA) is 90.5 Å². The lowest BCUT2D eigenvalue weighted by Gasteiger charge is -2.32. The number of aryl methyl sites for hydroxylation is 1. The van der Waals surface area contributed by atoms with E-state index in [2.05, 4.69) is 4.90 Å². The first kappa shape index (κ1) is 31.0. The summed E-state index contributed by atoms with van der Waals surface area (Å²) in [6, 6.07) is 12.7. The van der Waals surface area contributed by atoms with Gasteiger partial charge in [0.2, 0.25) is 5.91 Å². The Hall–Kier alpha value is -3.43. The fourth-order valence-corrected chi connectivity index (χ4v) is 6.78. The molecule has 3 amide bonds. The molecule has 0 radical (unpaired) electrons. The van der Waals surface area contributed by atoms with Gasteiger partial charge in [-0.1, -0.05) is 35.9 Å². The van der Waals surface area contributed by atoms with E-state index in [1.54, 1.807) is 41.0 Å². The predicted molar refractivity (Wildman–Crippen MR) is 166 cm³/mol. The Kier molecular flexibility index (Phi) is 9.72. The molecule has 3 heterocycles. The van der Waals surface area contributed by atoms with Crippen LogP contribution in [0.3, 0.4) is 0 Å². The zero-order chi connectivity index (χ0) is 30.7. The number of ketones is 1. The third-order valence-corrected chi connectivity index (χ3v) is 9.49. The lowest BCUT2D eigenvalue weighted by molar-refractivity contribution is -0.130. The normalized spacial score (nSPS) is 20.7. The fraction of sp³-hybridized carbons (Fsp3) is 0.515. The van der Waals surface area contributed by atoms with Crippen LogP contribution in [0.25, 0.3) is 0 Å². The molecule has 0 N–H and O–H groups in total. The summed E-state index contributed by atoms with van der Waals surface area (Å²) in [5.41, 5.74) is 2.61. The van der Waals surface area contributed by atoms with Crippen LogP contribution >= 0.6 is 11.6 Å². The van der Waals surface area contributed by atoms with Gasteiger partial charge in [-0.15, -0.1) is 0 Å². The molecule has 230 valence electrons. The number of ether oxygens (including phenoxy) is 1. The van der Waals surface area contributed by atoms with Gasteiger partial charge >= 0.3 is 6.09 Å². The standard InChI is InChI=1S/C33H41ClN4O5/c1-22-9-10-27(17-31(22)34)38(33(42)43-28-11-15-36(16-12-28)24(3)40)14-6-13-35-18-25-20-37(21-26(25)19-35)32(41)30-8-5-4-7-29(30)23(2)39/h4-5,7-10,17,25-26,28H,6,11-16,18-21H2,1-3H3. The Morgan fingerprint density at radius 1 is 0.907 bits per heavy atom. The molecule has 2 aromatic rings. The van der Waals surface area contributed by atoms with Crippen LogP contribution < -0.4 is 4.90 Å². The van der Waals surface area contributed by atoms with E-state index in [0.717, 1.165) is 31.6 Å². The van der Waals surface area contributed by atoms with E-state index in [0.29, 0.717) is 79.2 Å². The van der Waals surface area contributed by atoms with Gasteiger partial charge in [0, 0.05) is 81.9 Å². The highest BCUT2D eigenvalue weighted by atomic mass is 35.5. The van der Waals surface area contributed by atoms with Gasteiger partial charge in [0.05, 0.1) is 5.56 Å². The minimum atomic E-state index is -0.389. The van der Waals surface area contributed by atoms with Crippen molar-refractivity contribution >= 4 is 41.0 Å². The molecule has 3 aliphatic heterocycles. The second-order valence-corrected chi connectivity index (χ2v) is 12.5. The maximum atomic E-state index is 13.4. The molecule has 3 fully saturated rings. The SMILES string of the molecule is CC(=O)c1ccccc1C(=O)N1CC2CN(CCCN(C(=O)OC3CCN(C(C)=O)CC3)c3ccc(C)c(Cl)c3)CC2C1. The van der Waals surface area contributed by atoms with Crippen LogP contribution in [0.15, 0.2) is 42.5 Å². The summed E-state index contributed by atoms with van der Waals surface area (Å²) < 4.78 is 5.92. The number of hydrogen-bond donors (Lipinski definition) is 0. The predicted octanol–water partition coefficient (Wildman–Crippen LogP) is 4.90. The van der Waals surface area contributed by atoms with E-state index >= 15 is 0 Å². The number of fused-ring (bicyclic) bond motifs is 1. The maximum absolute atomic E-state index is 13.4. The van der Waals surface area contributed by atoms with Crippen molar-refractivity contribution in [3.05, 3.63) is 64.2 Å². The van der Waals surface area contributed by atoms with Gasteiger partial charge in [0.15, 0.2) is 5.78 Å². The highest BCUT2D eigenvalue weighted by Gasteiger charge is 2.42. The lowest BCUT2D eigenvalue weighted by Crippen LogP contribution is -2.43. The number of anilines is 1. The molecule has 0 aliphatic carbocycles. The first-order valence-electron chi connectivity index (χ1n) is 15.2. The van der Waals surface area contributed by atoms with Crippen LogP contribution in [0.1, 0.15) is 59.4 Å². The summed E-state index contributed by atoms with van der Waals surface area (Å²) in [5, 5.41) is 0.600. The largest absolute Gasteiger partial charge is 0.446 e. The van der Waals surface area contributed by atoms with Crippen LogP contribution in [0.2, 0.25) is 5.02 Å². The number of benzene rings is 2. The summed E-state index contributed by atoms with van der Waals surface area (Å²) in [7, 11) is 0. The molecule has 2 atom stereocenters. The molecule has 0 saturated carbocycles. The highest BCUT2D eigenvalue weighted by molar-refractivity contribution is 6.31. The third kappa shape index (κ3) is 7.21. The summed E-state index contributed by atoms with van der Waals surface area (Å²) in [5.74, 6) is 0.672. The Labute approximate surface area is 258 Å². The summed E-state index contributed by atoms with van der Waals surface area (Å²) in [4.78, 5) is 58.1. The average Bonchev–Trinajstić information content (AvgIpc) is 3.56. The molecule has 43 heavy (non-hydrogen) atoms. The monoisotopic (exact) mass is 608 g/mol. The highest BCUT2D eigenvalue weighted by Crippen LogP contribution is 2.33. The van der Waals surface area contributed by atoms with E-state index in [-0.39, 0.29) is 29.8 Å². The Bertz CT molecular complexity index is 1360. The van der Waals surface area contributed by atoms with Crippen molar-refractivity contribution in [3.63, 3.8) is 0 Å². The number of hydrogen-bond acceptors (Lipinski definition) is 6. The first-order chi connectivity index (χ1) is 20.6.